The van der Waals surface area contributed by atoms with Gasteiger partial charge in [0.05, 0.1) is 40.0 Å². The highest BCUT2D eigenvalue weighted by molar-refractivity contribution is 7.10. The van der Waals surface area contributed by atoms with E-state index in [-0.39, 0.29) is 17.9 Å². The number of fused-ring (bicyclic) bond motifs is 1. The Morgan fingerprint density at radius 1 is 1.29 bits per heavy atom. The zero-order chi connectivity index (χ0) is 27.0. The third kappa shape index (κ3) is 4.48. The Kier molecular flexibility index (Phi) is 6.83. The maximum absolute atomic E-state index is 13.6. The van der Waals surface area contributed by atoms with Crippen molar-refractivity contribution in [3.05, 3.63) is 99.6 Å². The number of allylic oxidation sites excluding steroid dienone is 1. The molecule has 12 heteroatoms. The Hall–Kier alpha value is -4.29. The van der Waals surface area contributed by atoms with Crippen LogP contribution in [0, 0.1) is 10.1 Å². The van der Waals surface area contributed by atoms with Gasteiger partial charge < -0.3 is 13.9 Å². The topological polar surface area (TPSA) is 126 Å². The van der Waals surface area contributed by atoms with Gasteiger partial charge in [0.1, 0.15) is 23.3 Å². The van der Waals surface area contributed by atoms with E-state index in [0.717, 1.165) is 4.88 Å². The number of thiazole rings is 1. The third-order valence-electron chi connectivity index (χ3n) is 5.89. The summed E-state index contributed by atoms with van der Waals surface area (Å²) >= 11 is 2.62. The SMILES string of the molecule is CCOC(=O)C1=C(C)N=c2s/c(=C\c3ccc(-c4cc([N+](=O)[O-])ccc4OC)o3)c(=O)n2[C@H]1c1cccs1. The second-order valence-corrected chi connectivity index (χ2v) is 10.1. The molecule has 0 fully saturated rings. The molecule has 1 atom stereocenters. The van der Waals surface area contributed by atoms with Crippen molar-refractivity contribution < 1.29 is 23.6 Å². The monoisotopic (exact) mass is 551 g/mol. The summed E-state index contributed by atoms with van der Waals surface area (Å²) in [6.45, 7) is 3.66. The first-order chi connectivity index (χ1) is 18.3. The van der Waals surface area contributed by atoms with Crippen molar-refractivity contribution >= 4 is 40.4 Å². The van der Waals surface area contributed by atoms with Gasteiger partial charge in [0.2, 0.25) is 0 Å². The molecule has 0 unspecified atom stereocenters. The number of nitrogens with zero attached hydrogens (tertiary/aromatic N) is 3. The maximum atomic E-state index is 13.6. The largest absolute Gasteiger partial charge is 0.496 e. The van der Waals surface area contributed by atoms with Crippen LogP contribution in [-0.2, 0) is 9.53 Å². The molecule has 194 valence electrons. The lowest BCUT2D eigenvalue weighted by Crippen LogP contribution is -2.39. The lowest BCUT2D eigenvalue weighted by Gasteiger charge is -2.23. The number of carbonyl (C=O) groups excluding carboxylic acids is 1. The normalized spacial score (nSPS) is 15.2. The Balaban J connectivity index is 1.61. The number of hydrogen-bond acceptors (Lipinski definition) is 10. The van der Waals surface area contributed by atoms with Crippen LogP contribution < -0.4 is 19.6 Å². The molecule has 0 amide bonds. The predicted octanol–water partition coefficient (Wildman–Crippen LogP) is 4.04. The van der Waals surface area contributed by atoms with Gasteiger partial charge in [0.25, 0.3) is 11.2 Å². The first kappa shape index (κ1) is 25.4. The van der Waals surface area contributed by atoms with Crippen LogP contribution in [0.5, 0.6) is 5.75 Å². The van der Waals surface area contributed by atoms with Crippen LogP contribution in [-0.4, -0.2) is 29.2 Å². The number of hydrogen-bond donors (Lipinski definition) is 0. The lowest BCUT2D eigenvalue weighted by atomic mass is 10.0. The fraction of sp³-hybridized carbons (Fsp3) is 0.192. The molecular formula is C26H21N3O7S2. The molecular weight excluding hydrogens is 530 g/mol. The minimum atomic E-state index is -0.659. The van der Waals surface area contributed by atoms with Crippen molar-refractivity contribution in [2.45, 2.75) is 19.9 Å². The minimum Gasteiger partial charge on any atom is -0.496 e. The Morgan fingerprint density at radius 2 is 2.11 bits per heavy atom. The van der Waals surface area contributed by atoms with Gasteiger partial charge in [-0.05, 0) is 43.5 Å². The van der Waals surface area contributed by atoms with Crippen molar-refractivity contribution in [1.29, 1.82) is 0 Å². The minimum absolute atomic E-state index is 0.103. The fourth-order valence-corrected chi connectivity index (χ4v) is 6.06. The first-order valence-corrected chi connectivity index (χ1v) is 13.2. The summed E-state index contributed by atoms with van der Waals surface area (Å²) in [5.41, 5.74) is 0.801. The molecule has 0 N–H and O–H groups in total. The van der Waals surface area contributed by atoms with E-state index in [9.17, 15) is 19.7 Å². The van der Waals surface area contributed by atoms with E-state index in [1.165, 1.54) is 52.5 Å². The number of esters is 1. The van der Waals surface area contributed by atoms with Gasteiger partial charge in [-0.1, -0.05) is 17.4 Å². The molecule has 1 aromatic carbocycles. The van der Waals surface area contributed by atoms with Crippen LogP contribution in [0.25, 0.3) is 17.4 Å². The molecule has 3 aromatic heterocycles. The number of non-ortho nitro benzene ring substituents is 1. The molecule has 0 aliphatic carbocycles. The summed E-state index contributed by atoms with van der Waals surface area (Å²) in [6.07, 6.45) is 1.59. The molecule has 10 nitrogen and oxygen atoms in total. The summed E-state index contributed by atoms with van der Waals surface area (Å²) < 4.78 is 18.4. The molecule has 0 saturated heterocycles. The Morgan fingerprint density at radius 3 is 2.79 bits per heavy atom. The molecule has 0 spiro atoms. The van der Waals surface area contributed by atoms with Gasteiger partial charge in [-0.15, -0.1) is 11.3 Å². The van der Waals surface area contributed by atoms with Gasteiger partial charge in [0.15, 0.2) is 4.80 Å². The molecule has 1 aliphatic rings. The number of aromatic nitrogens is 1. The molecule has 1 aliphatic heterocycles. The lowest BCUT2D eigenvalue weighted by molar-refractivity contribution is -0.384. The van der Waals surface area contributed by atoms with Gasteiger partial charge in [-0.25, -0.2) is 9.79 Å². The molecule has 5 rings (SSSR count). The van der Waals surface area contributed by atoms with Crippen LogP contribution in [0.2, 0.25) is 0 Å². The number of nitro groups is 1. The molecule has 0 saturated carbocycles. The van der Waals surface area contributed by atoms with E-state index in [1.54, 1.807) is 32.1 Å². The highest BCUT2D eigenvalue weighted by Crippen LogP contribution is 2.35. The number of benzene rings is 1. The number of rotatable bonds is 7. The first-order valence-electron chi connectivity index (χ1n) is 11.5. The summed E-state index contributed by atoms with van der Waals surface area (Å²) in [5.74, 6) is 0.617. The number of methoxy groups -OCH3 is 1. The van der Waals surface area contributed by atoms with Crippen LogP contribution in [0.4, 0.5) is 5.69 Å². The van der Waals surface area contributed by atoms with E-state index in [4.69, 9.17) is 13.9 Å². The average Bonchev–Trinajstić information content (AvgIpc) is 3.65. The predicted molar refractivity (Wildman–Crippen MR) is 142 cm³/mol. The van der Waals surface area contributed by atoms with Crippen molar-refractivity contribution in [3.8, 4) is 17.1 Å². The van der Waals surface area contributed by atoms with Crippen molar-refractivity contribution in [2.75, 3.05) is 13.7 Å². The van der Waals surface area contributed by atoms with Crippen LogP contribution in [0.1, 0.15) is 30.5 Å². The van der Waals surface area contributed by atoms with E-state index < -0.39 is 16.9 Å². The summed E-state index contributed by atoms with van der Waals surface area (Å²) in [4.78, 5) is 43.1. The van der Waals surface area contributed by atoms with Gasteiger partial charge >= 0.3 is 5.97 Å². The summed E-state index contributed by atoms with van der Waals surface area (Å²) in [6, 6.07) is 10.6. The Bertz CT molecular complexity index is 1760. The molecule has 4 aromatic rings. The molecule has 4 heterocycles. The van der Waals surface area contributed by atoms with Crippen LogP contribution in [0.15, 0.2) is 73.3 Å². The number of ether oxygens (including phenoxy) is 2. The zero-order valence-electron chi connectivity index (χ0n) is 20.5. The maximum Gasteiger partial charge on any atom is 0.338 e. The highest BCUT2D eigenvalue weighted by Gasteiger charge is 2.34. The number of nitro benzene ring substituents is 1. The van der Waals surface area contributed by atoms with Crippen LogP contribution >= 0.6 is 22.7 Å². The van der Waals surface area contributed by atoms with Gasteiger partial charge in [-0.2, -0.15) is 0 Å². The highest BCUT2D eigenvalue weighted by atomic mass is 32.1. The van der Waals surface area contributed by atoms with Crippen molar-refractivity contribution in [1.82, 2.24) is 4.57 Å². The Labute approximate surface area is 223 Å². The fourth-order valence-electron chi connectivity index (χ4n) is 4.21. The number of thiophene rings is 1. The van der Waals surface area contributed by atoms with E-state index >= 15 is 0 Å². The van der Waals surface area contributed by atoms with Crippen molar-refractivity contribution in [2.24, 2.45) is 4.99 Å². The third-order valence-corrected chi connectivity index (χ3v) is 7.80. The number of furan rings is 1. The summed E-state index contributed by atoms with van der Waals surface area (Å²) in [5, 5.41) is 13.1. The van der Waals surface area contributed by atoms with Crippen LogP contribution in [0.3, 0.4) is 0 Å². The quantitative estimate of drug-likeness (QED) is 0.193. The van der Waals surface area contributed by atoms with E-state index in [2.05, 4.69) is 4.99 Å². The smallest absolute Gasteiger partial charge is 0.338 e. The van der Waals surface area contributed by atoms with Gasteiger partial charge in [0, 0.05) is 23.1 Å². The summed E-state index contributed by atoms with van der Waals surface area (Å²) in [7, 11) is 1.46. The molecule has 0 bridgehead atoms. The van der Waals surface area contributed by atoms with E-state index in [1.807, 2.05) is 17.5 Å². The van der Waals surface area contributed by atoms with E-state index in [0.29, 0.717) is 43.4 Å². The van der Waals surface area contributed by atoms with Crippen molar-refractivity contribution in [3.63, 3.8) is 0 Å². The zero-order valence-corrected chi connectivity index (χ0v) is 22.1. The standard InChI is InChI=1S/C26H21N3O7S2/c1-4-35-25(31)22-14(2)27-26-28(23(22)20-6-5-11-37-20)24(30)21(38-26)13-16-8-10-19(36-16)17-12-15(29(32)33)7-9-18(17)34-3/h5-13,23H,4H2,1-3H3/b21-13-/t23-/m0/s1. The average molecular weight is 552 g/mol. The molecule has 38 heavy (non-hydrogen) atoms. The second kappa shape index (κ2) is 10.2. The second-order valence-electron chi connectivity index (χ2n) is 8.16. The molecule has 0 radical (unpaired) electrons. The number of carbonyl (C=O) groups is 1. The van der Waals surface area contributed by atoms with Gasteiger partial charge in [-0.3, -0.25) is 19.5 Å².